The number of nitrogens with one attached hydrogen (secondary N) is 2. The lowest BCUT2D eigenvalue weighted by atomic mass is 9.90. The molecule has 7 heteroatoms. The Hall–Kier alpha value is -1.11. The lowest BCUT2D eigenvalue weighted by Gasteiger charge is -2.30. The zero-order valence-corrected chi connectivity index (χ0v) is 13.6. The largest absolute Gasteiger partial charge is 0.480 e. The summed E-state index contributed by atoms with van der Waals surface area (Å²) in [5.74, 6) is -0.437. The molecule has 0 aliphatic heterocycles. The molecule has 2 atom stereocenters. The number of carboxylic acid groups (broad SMARTS) is 1. The number of carboxylic acids is 1. The van der Waals surface area contributed by atoms with Crippen molar-refractivity contribution in [1.82, 2.24) is 10.6 Å². The molecule has 0 saturated heterocycles. The fourth-order valence-corrected chi connectivity index (χ4v) is 3.30. The summed E-state index contributed by atoms with van der Waals surface area (Å²) >= 11 is 0. The topological polar surface area (TPSA) is 95.5 Å². The highest BCUT2D eigenvalue weighted by Crippen LogP contribution is 2.27. The first-order valence-corrected chi connectivity index (χ1v) is 9.20. The van der Waals surface area contributed by atoms with E-state index in [0.717, 1.165) is 25.7 Å². The van der Waals surface area contributed by atoms with E-state index in [4.69, 9.17) is 0 Å². The van der Waals surface area contributed by atoms with Crippen LogP contribution in [0.15, 0.2) is 0 Å². The van der Waals surface area contributed by atoms with Crippen molar-refractivity contribution < 1.29 is 18.9 Å². The zero-order valence-electron chi connectivity index (χ0n) is 12.8. The minimum atomic E-state index is -1.14. The molecule has 0 bridgehead atoms. The van der Waals surface area contributed by atoms with Crippen LogP contribution in [0, 0.1) is 0 Å². The third-order valence-electron chi connectivity index (χ3n) is 3.94. The third-order valence-corrected chi connectivity index (χ3v) is 4.75. The van der Waals surface area contributed by atoms with E-state index < -0.39 is 28.3 Å². The maximum absolute atomic E-state index is 12.0. The number of amides is 2. The van der Waals surface area contributed by atoms with Gasteiger partial charge in [0.25, 0.3) is 0 Å². The number of hydrogen-bond donors (Lipinski definition) is 3. The molecule has 1 aliphatic carbocycles. The maximum atomic E-state index is 12.0. The number of aliphatic carboxylic acids is 1. The number of carbonyl (C=O) groups is 2. The minimum absolute atomic E-state index is 0.134. The van der Waals surface area contributed by atoms with Crippen molar-refractivity contribution in [3.05, 3.63) is 0 Å². The summed E-state index contributed by atoms with van der Waals surface area (Å²) in [5.41, 5.74) is -1.14. The van der Waals surface area contributed by atoms with Crippen molar-refractivity contribution >= 4 is 22.8 Å². The van der Waals surface area contributed by atoms with Crippen LogP contribution in [0.2, 0.25) is 0 Å². The summed E-state index contributed by atoms with van der Waals surface area (Å²) in [6.45, 7) is 1.83. The third kappa shape index (κ3) is 6.03. The SMILES string of the molecule is CC(CCS(C)=O)NC(=O)NC1(C(=O)O)CCCCCC1. The number of hydrogen-bond acceptors (Lipinski definition) is 3. The molecule has 0 aromatic heterocycles. The second kappa shape index (κ2) is 8.36. The Labute approximate surface area is 128 Å². The Morgan fingerprint density at radius 2 is 1.81 bits per heavy atom. The quantitative estimate of drug-likeness (QED) is 0.649. The van der Waals surface area contributed by atoms with Gasteiger partial charge in [0.15, 0.2) is 0 Å². The van der Waals surface area contributed by atoms with E-state index in [2.05, 4.69) is 10.6 Å². The fourth-order valence-electron chi connectivity index (χ4n) is 2.62. The van der Waals surface area contributed by atoms with E-state index in [1.165, 1.54) is 0 Å². The van der Waals surface area contributed by atoms with E-state index in [9.17, 15) is 18.9 Å². The smallest absolute Gasteiger partial charge is 0.329 e. The molecule has 0 radical (unpaired) electrons. The highest BCUT2D eigenvalue weighted by atomic mass is 32.2. The molecule has 2 amide bonds. The molecule has 122 valence electrons. The summed E-state index contributed by atoms with van der Waals surface area (Å²) < 4.78 is 11.0. The zero-order chi connectivity index (χ0) is 15.9. The summed E-state index contributed by atoms with van der Waals surface area (Å²) in [4.78, 5) is 23.6. The Morgan fingerprint density at radius 3 is 2.29 bits per heavy atom. The van der Waals surface area contributed by atoms with Crippen molar-refractivity contribution in [3.8, 4) is 0 Å². The molecule has 3 N–H and O–H groups in total. The molecule has 6 nitrogen and oxygen atoms in total. The van der Waals surface area contributed by atoms with Crippen molar-refractivity contribution in [3.63, 3.8) is 0 Å². The van der Waals surface area contributed by atoms with Gasteiger partial charge in [-0.25, -0.2) is 9.59 Å². The van der Waals surface area contributed by atoms with Gasteiger partial charge in [-0.15, -0.1) is 0 Å². The average Bonchev–Trinajstić information content (AvgIpc) is 2.62. The summed E-state index contributed by atoms with van der Waals surface area (Å²) in [5, 5.41) is 14.9. The van der Waals surface area contributed by atoms with Crippen LogP contribution in [0.25, 0.3) is 0 Å². The first-order valence-electron chi connectivity index (χ1n) is 7.48. The summed E-state index contributed by atoms with van der Waals surface area (Å²) in [6.07, 6.45) is 6.84. The van der Waals surface area contributed by atoms with E-state index in [-0.39, 0.29) is 6.04 Å². The predicted octanol–water partition coefficient (Wildman–Crippen LogP) is 1.62. The molecule has 1 fully saturated rings. The van der Waals surface area contributed by atoms with Gasteiger partial charge in [-0.1, -0.05) is 25.7 Å². The molecule has 1 aliphatic rings. The van der Waals surface area contributed by atoms with Crippen molar-refractivity contribution in [2.75, 3.05) is 12.0 Å². The molecule has 2 unspecified atom stereocenters. The van der Waals surface area contributed by atoms with Gasteiger partial charge in [-0.05, 0) is 26.2 Å². The summed E-state index contributed by atoms with van der Waals surface area (Å²) in [6, 6.07) is -0.584. The van der Waals surface area contributed by atoms with E-state index >= 15 is 0 Å². The molecule has 1 rings (SSSR count). The standard InChI is InChI=1S/C14H26N2O4S/c1-11(7-10-21(2)20)15-13(19)16-14(12(17)18)8-5-3-4-6-9-14/h11H,3-10H2,1-2H3,(H,17,18)(H2,15,16,19). The van der Waals surface area contributed by atoms with Gasteiger partial charge in [-0.2, -0.15) is 0 Å². The predicted molar refractivity (Wildman–Crippen MR) is 82.7 cm³/mol. The normalized spacial score (nSPS) is 20.9. The molecular formula is C14H26N2O4S. The Morgan fingerprint density at radius 1 is 1.24 bits per heavy atom. The van der Waals surface area contributed by atoms with E-state index in [1.54, 1.807) is 6.26 Å². The van der Waals surface area contributed by atoms with Gasteiger partial charge in [0.1, 0.15) is 5.54 Å². The second-order valence-corrected chi connectivity index (χ2v) is 7.42. The Bertz CT molecular complexity index is 392. The molecule has 1 saturated carbocycles. The fraction of sp³-hybridized carbons (Fsp3) is 0.857. The molecule has 0 heterocycles. The highest BCUT2D eigenvalue weighted by Gasteiger charge is 2.40. The molecule has 0 spiro atoms. The van der Waals surface area contributed by atoms with Crippen LogP contribution >= 0.6 is 0 Å². The first-order chi connectivity index (χ1) is 9.85. The second-order valence-electron chi connectivity index (χ2n) is 5.87. The van der Waals surface area contributed by atoms with Gasteiger partial charge >= 0.3 is 12.0 Å². The van der Waals surface area contributed by atoms with Crippen LogP contribution in [0.3, 0.4) is 0 Å². The molecular weight excluding hydrogens is 292 g/mol. The average molecular weight is 318 g/mol. The van der Waals surface area contributed by atoms with Crippen LogP contribution in [0.4, 0.5) is 4.79 Å². The van der Waals surface area contributed by atoms with Crippen molar-refractivity contribution in [1.29, 1.82) is 0 Å². The van der Waals surface area contributed by atoms with Crippen LogP contribution in [-0.2, 0) is 15.6 Å². The van der Waals surface area contributed by atoms with Crippen LogP contribution in [0.5, 0.6) is 0 Å². The van der Waals surface area contributed by atoms with Crippen LogP contribution < -0.4 is 10.6 Å². The molecule has 0 aromatic carbocycles. The molecule has 0 aromatic rings. The van der Waals surface area contributed by atoms with Crippen molar-refractivity contribution in [2.24, 2.45) is 0 Å². The monoisotopic (exact) mass is 318 g/mol. The van der Waals surface area contributed by atoms with Crippen LogP contribution in [0.1, 0.15) is 51.9 Å². The summed E-state index contributed by atoms with van der Waals surface area (Å²) in [7, 11) is -0.891. The lowest BCUT2D eigenvalue weighted by molar-refractivity contribution is -0.145. The lowest BCUT2D eigenvalue weighted by Crippen LogP contribution is -2.58. The number of rotatable bonds is 6. The maximum Gasteiger partial charge on any atom is 0.329 e. The minimum Gasteiger partial charge on any atom is -0.480 e. The highest BCUT2D eigenvalue weighted by molar-refractivity contribution is 7.84. The Balaban J connectivity index is 2.56. The van der Waals surface area contributed by atoms with Gasteiger partial charge < -0.3 is 15.7 Å². The van der Waals surface area contributed by atoms with Gasteiger partial charge in [0.05, 0.1) is 0 Å². The van der Waals surface area contributed by atoms with Crippen LogP contribution in [-0.4, -0.2) is 44.9 Å². The van der Waals surface area contributed by atoms with E-state index in [0.29, 0.717) is 25.0 Å². The number of carbonyl (C=O) groups excluding carboxylic acids is 1. The van der Waals surface area contributed by atoms with Gasteiger partial charge in [-0.3, -0.25) is 4.21 Å². The number of urea groups is 1. The Kier molecular flexibility index (Phi) is 7.14. The van der Waals surface area contributed by atoms with Gasteiger partial charge in [0.2, 0.25) is 0 Å². The molecule has 21 heavy (non-hydrogen) atoms. The first kappa shape index (κ1) is 17.9. The van der Waals surface area contributed by atoms with Gasteiger partial charge in [0, 0.05) is 28.9 Å². The van der Waals surface area contributed by atoms with E-state index in [1.807, 2.05) is 6.92 Å². The van der Waals surface area contributed by atoms with Crippen molar-refractivity contribution in [2.45, 2.75) is 63.5 Å².